The molecule has 20 nitrogen and oxygen atoms in total. The van der Waals surface area contributed by atoms with E-state index in [0.29, 0.717) is 0 Å². The Morgan fingerprint density at radius 1 is 0.643 bits per heavy atom. The van der Waals surface area contributed by atoms with Crippen molar-refractivity contribution in [2.24, 2.45) is 5.73 Å². The highest BCUT2D eigenvalue weighted by Gasteiger charge is 2.34. The van der Waals surface area contributed by atoms with Gasteiger partial charge in [-0.3, -0.25) is 33.6 Å². The van der Waals surface area contributed by atoms with E-state index in [-0.39, 0.29) is 0 Å². The van der Waals surface area contributed by atoms with E-state index in [0.717, 1.165) is 13.8 Å². The second kappa shape index (κ2) is 18.1. The average molecular weight is 609 g/mol. The van der Waals surface area contributed by atoms with Crippen molar-refractivity contribution in [3.8, 4) is 0 Å². The van der Waals surface area contributed by atoms with Crippen molar-refractivity contribution in [1.29, 1.82) is 0 Å². The summed E-state index contributed by atoms with van der Waals surface area (Å²) in [5.41, 5.74) is 5.31. The number of carbonyl (C=O) groups excluding carboxylic acids is 5. The van der Waals surface area contributed by atoms with Gasteiger partial charge < -0.3 is 63.0 Å². The van der Waals surface area contributed by atoms with Gasteiger partial charge in [-0.25, -0.2) is 4.79 Å². The second-order valence-corrected chi connectivity index (χ2v) is 8.98. The van der Waals surface area contributed by atoms with Crippen LogP contribution < -0.4 is 32.3 Å². The summed E-state index contributed by atoms with van der Waals surface area (Å²) in [5.74, 6) is -10.3. The lowest BCUT2D eigenvalue weighted by Gasteiger charge is -2.26. The molecule has 0 spiro atoms. The summed E-state index contributed by atoms with van der Waals surface area (Å²) in [6.45, 7) is 0.438. The fourth-order valence-corrected chi connectivity index (χ4v) is 3.06. The van der Waals surface area contributed by atoms with E-state index in [4.69, 9.17) is 15.9 Å². The first kappa shape index (κ1) is 37.6. The minimum Gasteiger partial charge on any atom is -0.481 e. The highest BCUT2D eigenvalue weighted by molar-refractivity contribution is 5.97. The molecule has 0 aliphatic heterocycles. The Hall–Kier alpha value is -4.40. The van der Waals surface area contributed by atoms with Crippen LogP contribution in [0, 0.1) is 0 Å². The maximum atomic E-state index is 12.8. The third-order valence-corrected chi connectivity index (χ3v) is 5.44. The molecule has 5 amide bonds. The molecule has 0 aromatic carbocycles. The predicted octanol–water partition coefficient (Wildman–Crippen LogP) is -6.45. The first-order chi connectivity index (χ1) is 19.4. The number of aliphatic hydroxyl groups excluding tert-OH is 3. The molecule has 0 aromatic rings. The first-order valence-electron chi connectivity index (χ1n) is 12.3. The van der Waals surface area contributed by atoms with Crippen LogP contribution in [0.3, 0.4) is 0 Å². The van der Waals surface area contributed by atoms with Crippen molar-refractivity contribution in [2.45, 2.75) is 75.5 Å². The monoisotopic (exact) mass is 608 g/mol. The molecular formula is C22H36N6O14. The zero-order valence-corrected chi connectivity index (χ0v) is 22.6. The van der Waals surface area contributed by atoms with E-state index in [1.165, 1.54) is 0 Å². The van der Waals surface area contributed by atoms with E-state index in [1.54, 1.807) is 0 Å². The Morgan fingerprint density at radius 3 is 1.62 bits per heavy atom. The van der Waals surface area contributed by atoms with Crippen molar-refractivity contribution in [3.05, 3.63) is 0 Å². The predicted molar refractivity (Wildman–Crippen MR) is 136 cm³/mol. The standard InChI is InChI=1S/C22H36N6O14/c1-8(24-20(39)13(7-30)27-18(37)10(23)6-29)17(36)26-12(5-15(34)35)19(38)28-16(9(2)31)21(40)25-11(22(41)42)3-4-14(32)33/h8-13,16,29-31H,3-7,23H2,1-2H3,(H,24,39)(H,25,40)(H,26,36)(H,27,37)(H,28,38)(H,32,33)(H,34,35)(H,41,42)/t8-,9+,10-,11-,12-,13-,16-/m0/s1. The number of carbonyl (C=O) groups is 8. The van der Waals surface area contributed by atoms with Gasteiger partial charge in [-0.2, -0.15) is 0 Å². The number of amides is 5. The van der Waals surface area contributed by atoms with Crippen molar-refractivity contribution >= 4 is 47.4 Å². The highest BCUT2D eigenvalue weighted by Crippen LogP contribution is 2.03. The molecule has 20 heteroatoms. The van der Waals surface area contributed by atoms with Gasteiger partial charge in [-0.1, -0.05) is 0 Å². The number of carboxylic acid groups (broad SMARTS) is 3. The van der Waals surface area contributed by atoms with Gasteiger partial charge in [0.25, 0.3) is 0 Å². The summed E-state index contributed by atoms with van der Waals surface area (Å²) < 4.78 is 0. The summed E-state index contributed by atoms with van der Waals surface area (Å²) in [6, 6.07) is -9.96. The number of aliphatic hydroxyl groups is 3. The summed E-state index contributed by atoms with van der Waals surface area (Å²) in [7, 11) is 0. The molecule has 0 bridgehead atoms. The molecular weight excluding hydrogens is 572 g/mol. The maximum absolute atomic E-state index is 12.8. The highest BCUT2D eigenvalue weighted by atomic mass is 16.4. The number of hydrogen-bond acceptors (Lipinski definition) is 12. The van der Waals surface area contributed by atoms with Gasteiger partial charge in [0, 0.05) is 6.42 Å². The van der Waals surface area contributed by atoms with Gasteiger partial charge in [0.05, 0.1) is 25.7 Å². The Kier molecular flexibility index (Phi) is 16.2. The molecule has 0 rings (SSSR count). The normalized spacial score (nSPS) is 15.8. The summed E-state index contributed by atoms with van der Waals surface area (Å²) in [4.78, 5) is 95.5. The van der Waals surface area contributed by atoms with Gasteiger partial charge >= 0.3 is 17.9 Å². The number of nitrogens with one attached hydrogen (secondary N) is 5. The summed E-state index contributed by atoms with van der Waals surface area (Å²) in [5, 5.41) is 65.5. The summed E-state index contributed by atoms with van der Waals surface area (Å²) in [6.07, 6.45) is -3.89. The molecule has 0 aliphatic rings. The van der Waals surface area contributed by atoms with E-state index >= 15 is 0 Å². The van der Waals surface area contributed by atoms with Crippen LogP contribution >= 0.6 is 0 Å². The van der Waals surface area contributed by atoms with Crippen molar-refractivity contribution in [3.63, 3.8) is 0 Å². The molecule has 0 heterocycles. The molecule has 238 valence electrons. The lowest BCUT2D eigenvalue weighted by Crippen LogP contribution is -2.61. The topological polar surface area (TPSA) is 344 Å². The fraction of sp³-hybridized carbons (Fsp3) is 0.636. The van der Waals surface area contributed by atoms with Gasteiger partial charge in [0.2, 0.25) is 29.5 Å². The minimum atomic E-state index is -1.89. The van der Waals surface area contributed by atoms with E-state index in [2.05, 4.69) is 5.32 Å². The van der Waals surface area contributed by atoms with Crippen LogP contribution in [0.15, 0.2) is 0 Å². The molecule has 0 aliphatic carbocycles. The quantitative estimate of drug-likeness (QED) is 0.0648. The molecule has 42 heavy (non-hydrogen) atoms. The molecule has 0 unspecified atom stereocenters. The summed E-state index contributed by atoms with van der Waals surface area (Å²) >= 11 is 0. The van der Waals surface area contributed by atoms with Crippen LogP contribution in [-0.2, 0) is 38.4 Å². The van der Waals surface area contributed by atoms with E-state index < -0.39 is 122 Å². The SMILES string of the molecule is C[C@H](NC(=O)[C@H](CO)NC(=O)[C@@H](N)CO)C(=O)N[C@@H](CC(=O)O)C(=O)N[C@H](C(=O)N[C@@H](CCC(=O)O)C(=O)O)[C@@H](C)O. The van der Waals surface area contributed by atoms with Crippen LogP contribution in [-0.4, -0.2) is 134 Å². The van der Waals surface area contributed by atoms with Crippen LogP contribution in [0.2, 0.25) is 0 Å². The Labute approximate surface area is 238 Å². The van der Waals surface area contributed by atoms with Crippen LogP contribution in [0.1, 0.15) is 33.1 Å². The third-order valence-electron chi connectivity index (χ3n) is 5.44. The first-order valence-corrected chi connectivity index (χ1v) is 12.3. The van der Waals surface area contributed by atoms with Crippen molar-refractivity contribution < 1.29 is 69.0 Å². The lowest BCUT2D eigenvalue weighted by atomic mass is 10.1. The van der Waals surface area contributed by atoms with Gasteiger partial charge in [0.15, 0.2) is 0 Å². The number of nitrogens with two attached hydrogens (primary N) is 1. The second-order valence-electron chi connectivity index (χ2n) is 8.98. The van der Waals surface area contributed by atoms with E-state index in [9.17, 15) is 58.8 Å². The molecule has 0 saturated carbocycles. The number of rotatable bonds is 19. The largest absolute Gasteiger partial charge is 0.481 e. The molecule has 0 radical (unpaired) electrons. The van der Waals surface area contributed by atoms with E-state index in [1.807, 2.05) is 21.3 Å². The molecule has 0 saturated heterocycles. The molecule has 7 atom stereocenters. The molecule has 0 fully saturated rings. The fourth-order valence-electron chi connectivity index (χ4n) is 3.06. The zero-order chi connectivity index (χ0) is 32.7. The maximum Gasteiger partial charge on any atom is 0.326 e. The number of carboxylic acids is 3. The Morgan fingerprint density at radius 2 is 1.17 bits per heavy atom. The van der Waals surface area contributed by atoms with Gasteiger partial charge in [-0.15, -0.1) is 0 Å². The van der Waals surface area contributed by atoms with Gasteiger partial charge in [-0.05, 0) is 20.3 Å². The van der Waals surface area contributed by atoms with Crippen LogP contribution in [0.5, 0.6) is 0 Å². The lowest BCUT2D eigenvalue weighted by molar-refractivity contribution is -0.145. The Balaban J connectivity index is 5.56. The van der Waals surface area contributed by atoms with Gasteiger partial charge in [0.1, 0.15) is 36.3 Å². The number of hydrogen-bond donors (Lipinski definition) is 12. The van der Waals surface area contributed by atoms with Crippen molar-refractivity contribution in [2.75, 3.05) is 13.2 Å². The molecule has 13 N–H and O–H groups in total. The van der Waals surface area contributed by atoms with Crippen LogP contribution in [0.25, 0.3) is 0 Å². The minimum absolute atomic E-state index is 0.534. The average Bonchev–Trinajstić information content (AvgIpc) is 2.90. The third kappa shape index (κ3) is 13.3. The van der Waals surface area contributed by atoms with Crippen molar-refractivity contribution in [1.82, 2.24) is 26.6 Å². The zero-order valence-electron chi connectivity index (χ0n) is 22.6. The number of aliphatic carboxylic acids is 3. The molecule has 0 aromatic heterocycles. The Bertz CT molecular complexity index is 1020. The van der Waals surface area contributed by atoms with Crippen LogP contribution in [0.4, 0.5) is 0 Å². The smallest absolute Gasteiger partial charge is 0.326 e.